The summed E-state index contributed by atoms with van der Waals surface area (Å²) in [6.07, 6.45) is 0.0400. The number of amides is 3. The van der Waals surface area contributed by atoms with Gasteiger partial charge in [-0.2, -0.15) is 5.10 Å². The molecule has 1 aromatic rings. The molecule has 3 amide bonds. The molecule has 3 aliphatic carbocycles. The molecular formula is C24H27N5O8. The van der Waals surface area contributed by atoms with Gasteiger partial charge in [0, 0.05) is 17.1 Å². The number of ketones is 2. The van der Waals surface area contributed by atoms with E-state index in [0.29, 0.717) is 16.8 Å². The Labute approximate surface area is 210 Å². The van der Waals surface area contributed by atoms with Gasteiger partial charge in [0.05, 0.1) is 17.3 Å². The lowest BCUT2D eigenvalue weighted by Crippen LogP contribution is -2.65. The zero-order valence-electron chi connectivity index (χ0n) is 20.3. The molecule has 4 rings (SSSR count). The third-order valence-electron chi connectivity index (χ3n) is 7.33. The quantitative estimate of drug-likeness (QED) is 0.154. The van der Waals surface area contributed by atoms with Crippen molar-refractivity contribution in [3.63, 3.8) is 0 Å². The number of phenols is 1. The standard InChI is InChI=1S/C24H27N5O8/c1-8(27-28-23(26)36)10-4-5-13(30)15-11(10)6-9-7-12-17(29(2)3)19(32)16(22(25)35)21(34)24(12,37)20(33)14(9)18(15)31/h4-5,9,12,17,30-31,34,37H,6-7H2,1-3H3,(H2,25,35)(H3,26,28,36)/b27-8-/t9-,12-,17-,24-/m0/s1. The molecule has 0 spiro atoms. The van der Waals surface area contributed by atoms with Crippen LogP contribution in [0.3, 0.4) is 0 Å². The first kappa shape index (κ1) is 25.9. The van der Waals surface area contributed by atoms with Crippen molar-refractivity contribution in [2.75, 3.05) is 14.1 Å². The minimum Gasteiger partial charge on any atom is -0.508 e. The van der Waals surface area contributed by atoms with Crippen LogP contribution < -0.4 is 16.9 Å². The van der Waals surface area contributed by atoms with E-state index in [9.17, 15) is 39.6 Å². The minimum atomic E-state index is -2.71. The second-order valence-electron chi connectivity index (χ2n) is 9.62. The molecule has 0 saturated heterocycles. The van der Waals surface area contributed by atoms with E-state index in [0.717, 1.165) is 0 Å². The number of Topliss-reactive ketones (excluding diaryl/α,β-unsaturated/α-hetero) is 2. The Balaban J connectivity index is 1.95. The number of nitrogens with zero attached hydrogens (tertiary/aromatic N) is 2. The van der Waals surface area contributed by atoms with E-state index in [2.05, 4.69) is 10.5 Å². The fourth-order valence-electron chi connectivity index (χ4n) is 5.78. The van der Waals surface area contributed by atoms with Crippen LogP contribution in [0.4, 0.5) is 4.79 Å². The maximum atomic E-state index is 13.8. The van der Waals surface area contributed by atoms with E-state index in [4.69, 9.17) is 11.5 Å². The highest BCUT2D eigenvalue weighted by Crippen LogP contribution is 2.52. The molecule has 3 aliphatic rings. The maximum Gasteiger partial charge on any atom is 0.332 e. The van der Waals surface area contributed by atoms with Gasteiger partial charge in [0.25, 0.3) is 5.91 Å². The number of benzene rings is 1. The van der Waals surface area contributed by atoms with E-state index in [1.807, 2.05) is 0 Å². The lowest BCUT2D eigenvalue weighted by atomic mass is 9.57. The van der Waals surface area contributed by atoms with Crippen molar-refractivity contribution in [3.8, 4) is 5.75 Å². The molecule has 0 aliphatic heterocycles. The van der Waals surface area contributed by atoms with Crippen LogP contribution in [0.2, 0.25) is 0 Å². The normalized spacial score (nSPS) is 27.6. The SMILES string of the molecule is C/C(=N/NC(N)=O)c1ccc(O)c2c1C[C@H]1C[C@H]3[C@H](N(C)C)C(=O)C(C(N)=O)=C(O)[C@@]3(O)C(=O)C1=C2O. The van der Waals surface area contributed by atoms with Gasteiger partial charge >= 0.3 is 6.03 Å². The first-order chi connectivity index (χ1) is 17.2. The fourth-order valence-corrected chi connectivity index (χ4v) is 5.78. The second-order valence-corrected chi connectivity index (χ2v) is 9.62. The van der Waals surface area contributed by atoms with Crippen LogP contribution in [0.25, 0.3) is 5.76 Å². The van der Waals surface area contributed by atoms with Gasteiger partial charge in [-0.15, -0.1) is 0 Å². The smallest absolute Gasteiger partial charge is 0.332 e. The third-order valence-corrected chi connectivity index (χ3v) is 7.33. The number of primary amides is 2. The van der Waals surface area contributed by atoms with Crippen molar-refractivity contribution in [3.05, 3.63) is 45.7 Å². The van der Waals surface area contributed by atoms with Gasteiger partial charge in [-0.25, -0.2) is 10.2 Å². The highest BCUT2D eigenvalue weighted by atomic mass is 16.3. The zero-order chi connectivity index (χ0) is 27.6. The monoisotopic (exact) mass is 513 g/mol. The van der Waals surface area contributed by atoms with Crippen LogP contribution in [0, 0.1) is 11.8 Å². The summed E-state index contributed by atoms with van der Waals surface area (Å²) in [4.78, 5) is 51.4. The van der Waals surface area contributed by atoms with Crippen molar-refractivity contribution < 1.29 is 39.6 Å². The molecule has 1 fully saturated rings. The zero-order valence-corrected chi connectivity index (χ0v) is 20.3. The number of phenolic OH excluding ortho intramolecular Hbond substituents is 1. The molecule has 4 atom stereocenters. The number of urea groups is 1. The number of nitrogens with two attached hydrogens (primary N) is 2. The lowest BCUT2D eigenvalue weighted by Gasteiger charge is -2.50. The van der Waals surface area contributed by atoms with Crippen LogP contribution in [0.15, 0.2) is 34.1 Å². The number of carbonyl (C=O) groups excluding carboxylic acids is 4. The highest BCUT2D eigenvalue weighted by Gasteiger charge is 2.64. The van der Waals surface area contributed by atoms with Gasteiger partial charge in [0.2, 0.25) is 5.78 Å². The van der Waals surface area contributed by atoms with Gasteiger partial charge in [-0.1, -0.05) is 0 Å². The molecule has 9 N–H and O–H groups in total. The van der Waals surface area contributed by atoms with Gasteiger partial charge in [0.1, 0.15) is 22.8 Å². The first-order valence-corrected chi connectivity index (χ1v) is 11.3. The number of fused-ring (bicyclic) bond motifs is 3. The number of aliphatic hydroxyl groups excluding tert-OH is 2. The molecule has 0 bridgehead atoms. The summed E-state index contributed by atoms with van der Waals surface area (Å²) in [5.74, 6) is -7.28. The van der Waals surface area contributed by atoms with Gasteiger partial charge in [-0.3, -0.25) is 19.3 Å². The summed E-state index contributed by atoms with van der Waals surface area (Å²) in [5, 5.41) is 48.1. The Kier molecular flexibility index (Phi) is 6.08. The molecular weight excluding hydrogens is 486 g/mol. The molecule has 196 valence electrons. The number of hydrogen-bond donors (Lipinski definition) is 7. The minimum absolute atomic E-state index is 0.0451. The molecule has 13 heteroatoms. The molecule has 0 radical (unpaired) electrons. The van der Waals surface area contributed by atoms with Crippen molar-refractivity contribution in [1.29, 1.82) is 0 Å². The van der Waals surface area contributed by atoms with Crippen molar-refractivity contribution in [1.82, 2.24) is 10.3 Å². The fraction of sp³-hybridized carbons (Fsp3) is 0.375. The van der Waals surface area contributed by atoms with E-state index < -0.39 is 64.1 Å². The topological polar surface area (TPSA) is 229 Å². The van der Waals surface area contributed by atoms with Gasteiger partial charge in [-0.05, 0) is 57.5 Å². The first-order valence-electron chi connectivity index (χ1n) is 11.3. The third kappa shape index (κ3) is 3.65. The molecule has 0 aromatic heterocycles. The van der Waals surface area contributed by atoms with Crippen LogP contribution in [-0.2, 0) is 20.8 Å². The number of nitrogens with one attached hydrogen (secondary N) is 1. The maximum absolute atomic E-state index is 13.8. The molecule has 0 heterocycles. The Morgan fingerprint density at radius 1 is 1.16 bits per heavy atom. The second kappa shape index (κ2) is 8.71. The van der Waals surface area contributed by atoms with Crippen molar-refractivity contribution in [2.24, 2.45) is 28.4 Å². The van der Waals surface area contributed by atoms with Gasteiger partial charge < -0.3 is 31.9 Å². The van der Waals surface area contributed by atoms with Crippen LogP contribution in [-0.4, -0.2) is 80.3 Å². The summed E-state index contributed by atoms with van der Waals surface area (Å²) < 4.78 is 0. The Hall–Kier alpha value is -4.23. The highest BCUT2D eigenvalue weighted by molar-refractivity contribution is 6.24. The molecule has 1 saturated carbocycles. The number of carbonyl (C=O) groups is 4. The summed E-state index contributed by atoms with van der Waals surface area (Å²) >= 11 is 0. The predicted octanol–water partition coefficient (Wildman–Crippen LogP) is -0.644. The average Bonchev–Trinajstić information content (AvgIpc) is 2.79. The van der Waals surface area contributed by atoms with Crippen molar-refractivity contribution >= 4 is 35.0 Å². The van der Waals surface area contributed by atoms with Crippen molar-refractivity contribution in [2.45, 2.75) is 31.4 Å². The number of likely N-dealkylation sites (N-methyl/N-ethyl adjacent to an activating group) is 1. The largest absolute Gasteiger partial charge is 0.508 e. The average molecular weight is 514 g/mol. The number of hydrazone groups is 1. The van der Waals surface area contributed by atoms with E-state index in [1.165, 1.54) is 31.1 Å². The number of hydrogen-bond acceptors (Lipinski definition) is 10. The van der Waals surface area contributed by atoms with E-state index in [1.54, 1.807) is 6.92 Å². The summed E-state index contributed by atoms with van der Waals surface area (Å²) in [5.41, 5.74) is 9.74. The molecule has 37 heavy (non-hydrogen) atoms. The Bertz CT molecular complexity index is 1360. The van der Waals surface area contributed by atoms with Crippen LogP contribution in [0.5, 0.6) is 5.75 Å². The Morgan fingerprint density at radius 3 is 2.38 bits per heavy atom. The number of aromatic hydroxyl groups is 1. The summed E-state index contributed by atoms with van der Waals surface area (Å²) in [7, 11) is 3.05. The lowest BCUT2D eigenvalue weighted by molar-refractivity contribution is -0.153. The van der Waals surface area contributed by atoms with E-state index >= 15 is 0 Å². The Morgan fingerprint density at radius 2 is 1.81 bits per heavy atom. The van der Waals surface area contributed by atoms with Crippen LogP contribution in [0.1, 0.15) is 30.0 Å². The number of aliphatic hydroxyl groups is 3. The van der Waals surface area contributed by atoms with Gasteiger partial charge in [0.15, 0.2) is 11.4 Å². The number of rotatable bonds is 4. The van der Waals surface area contributed by atoms with E-state index in [-0.39, 0.29) is 29.7 Å². The van der Waals surface area contributed by atoms with Crippen LogP contribution >= 0.6 is 0 Å². The summed E-state index contributed by atoms with van der Waals surface area (Å²) in [6.45, 7) is 1.57. The predicted molar refractivity (Wildman–Crippen MR) is 129 cm³/mol. The molecule has 1 aromatic carbocycles. The molecule has 13 nitrogen and oxygen atoms in total. The molecule has 0 unspecified atom stereocenters. The summed E-state index contributed by atoms with van der Waals surface area (Å²) in [6, 6.07) is 0.719.